The zero-order valence-corrected chi connectivity index (χ0v) is 9.40. The summed E-state index contributed by atoms with van der Waals surface area (Å²) in [5.74, 6) is 0. The standard InChI is InChI=1S/C6H11N.C3H5F3.C2H4/c1-3-6(4-2)5-7;1-2-3(4,5)6;1-2/h3-4H,1,5,7H2,2H3;2H2,1H3;1-2H2/b6-4+;;. The van der Waals surface area contributed by atoms with Crippen molar-refractivity contribution in [2.24, 2.45) is 5.73 Å². The Morgan fingerprint density at radius 2 is 1.67 bits per heavy atom. The molecule has 0 saturated heterocycles. The van der Waals surface area contributed by atoms with Gasteiger partial charge in [0.15, 0.2) is 0 Å². The molecule has 4 heteroatoms. The van der Waals surface area contributed by atoms with Crippen LogP contribution in [0.15, 0.2) is 37.5 Å². The summed E-state index contributed by atoms with van der Waals surface area (Å²) in [5, 5.41) is 0. The summed E-state index contributed by atoms with van der Waals surface area (Å²) in [6, 6.07) is 0. The first-order valence-electron chi connectivity index (χ1n) is 4.45. The minimum absolute atomic E-state index is 0.597. The molecule has 0 heterocycles. The number of hydrogen-bond acceptors (Lipinski definition) is 1. The smallest absolute Gasteiger partial charge is 0.327 e. The van der Waals surface area contributed by atoms with Crippen LogP contribution in [-0.4, -0.2) is 12.7 Å². The highest BCUT2D eigenvalue weighted by atomic mass is 19.4. The van der Waals surface area contributed by atoms with Crippen molar-refractivity contribution in [2.45, 2.75) is 26.4 Å². The van der Waals surface area contributed by atoms with Gasteiger partial charge >= 0.3 is 6.18 Å². The van der Waals surface area contributed by atoms with E-state index < -0.39 is 12.6 Å². The molecule has 90 valence electrons. The monoisotopic (exact) mass is 223 g/mol. The molecular weight excluding hydrogens is 203 g/mol. The molecule has 0 fully saturated rings. The summed E-state index contributed by atoms with van der Waals surface area (Å²) in [4.78, 5) is 0. The minimum Gasteiger partial charge on any atom is -0.327 e. The van der Waals surface area contributed by atoms with Gasteiger partial charge in [-0.05, 0) is 12.5 Å². The molecule has 0 spiro atoms. The van der Waals surface area contributed by atoms with Crippen molar-refractivity contribution in [3.05, 3.63) is 37.5 Å². The summed E-state index contributed by atoms with van der Waals surface area (Å²) >= 11 is 0. The van der Waals surface area contributed by atoms with Gasteiger partial charge in [-0.2, -0.15) is 13.2 Å². The average Bonchev–Trinajstić information content (AvgIpc) is 2.23. The SMILES string of the molecule is C=C.C=C/C(=C\C)CN.CCC(F)(F)F. The molecule has 2 N–H and O–H groups in total. The predicted molar refractivity (Wildman–Crippen MR) is 60.6 cm³/mol. The molecule has 0 aromatic rings. The second kappa shape index (κ2) is 13.0. The fraction of sp³-hybridized carbons (Fsp3) is 0.455. The summed E-state index contributed by atoms with van der Waals surface area (Å²) in [6.45, 7) is 13.2. The molecule has 0 unspecified atom stereocenters. The van der Waals surface area contributed by atoms with E-state index in [9.17, 15) is 13.2 Å². The first-order chi connectivity index (χ1) is 6.91. The minimum atomic E-state index is -3.96. The molecule has 0 aliphatic heterocycles. The van der Waals surface area contributed by atoms with Gasteiger partial charge in [0.2, 0.25) is 0 Å². The van der Waals surface area contributed by atoms with Gasteiger partial charge in [-0.25, -0.2) is 0 Å². The Morgan fingerprint density at radius 3 is 1.67 bits per heavy atom. The Morgan fingerprint density at radius 1 is 1.33 bits per heavy atom. The highest BCUT2D eigenvalue weighted by Gasteiger charge is 2.22. The van der Waals surface area contributed by atoms with E-state index in [1.807, 2.05) is 13.0 Å². The fourth-order valence-corrected chi connectivity index (χ4v) is 0.319. The van der Waals surface area contributed by atoms with Gasteiger partial charge in [0, 0.05) is 13.0 Å². The van der Waals surface area contributed by atoms with Crippen LogP contribution in [0.25, 0.3) is 0 Å². The van der Waals surface area contributed by atoms with Gasteiger partial charge in [-0.1, -0.05) is 25.7 Å². The van der Waals surface area contributed by atoms with Crippen molar-refractivity contribution in [3.8, 4) is 0 Å². The highest BCUT2D eigenvalue weighted by molar-refractivity contribution is 5.15. The quantitative estimate of drug-likeness (QED) is 0.558. The maximum atomic E-state index is 10.8. The zero-order valence-electron chi connectivity index (χ0n) is 9.40. The molecule has 0 radical (unpaired) electrons. The maximum absolute atomic E-state index is 10.8. The van der Waals surface area contributed by atoms with Gasteiger partial charge in [0.1, 0.15) is 0 Å². The summed E-state index contributed by atoms with van der Waals surface area (Å²) in [7, 11) is 0. The molecule has 0 aromatic carbocycles. The fourth-order valence-electron chi connectivity index (χ4n) is 0.319. The lowest BCUT2D eigenvalue weighted by Gasteiger charge is -1.96. The van der Waals surface area contributed by atoms with Gasteiger partial charge < -0.3 is 5.73 Å². The van der Waals surface area contributed by atoms with Crippen LogP contribution in [-0.2, 0) is 0 Å². The molecule has 0 bridgehead atoms. The van der Waals surface area contributed by atoms with E-state index in [4.69, 9.17) is 5.73 Å². The van der Waals surface area contributed by atoms with Crippen LogP contribution in [0.5, 0.6) is 0 Å². The Bertz CT molecular complexity index is 171. The van der Waals surface area contributed by atoms with E-state index in [-0.39, 0.29) is 0 Å². The van der Waals surface area contributed by atoms with E-state index in [0.717, 1.165) is 12.5 Å². The zero-order chi connectivity index (χ0) is 12.9. The molecular formula is C11H20F3N. The number of hydrogen-bond donors (Lipinski definition) is 1. The number of nitrogens with two attached hydrogens (primary N) is 1. The number of rotatable bonds is 2. The summed E-state index contributed by atoms with van der Waals surface area (Å²) in [5.41, 5.74) is 6.35. The highest BCUT2D eigenvalue weighted by Crippen LogP contribution is 2.17. The van der Waals surface area contributed by atoms with Crippen molar-refractivity contribution < 1.29 is 13.2 Å². The van der Waals surface area contributed by atoms with Crippen molar-refractivity contribution in [3.63, 3.8) is 0 Å². The van der Waals surface area contributed by atoms with Crippen LogP contribution in [0.3, 0.4) is 0 Å². The lowest BCUT2D eigenvalue weighted by molar-refractivity contribution is -0.130. The molecule has 0 amide bonds. The van der Waals surface area contributed by atoms with Gasteiger partial charge in [-0.15, -0.1) is 13.2 Å². The van der Waals surface area contributed by atoms with Crippen molar-refractivity contribution in [2.75, 3.05) is 6.54 Å². The predicted octanol–water partition coefficient (Wildman–Crippen LogP) is 3.84. The molecule has 0 aliphatic carbocycles. The Balaban J connectivity index is -0.000000166. The summed E-state index contributed by atoms with van der Waals surface area (Å²) < 4.78 is 32.4. The van der Waals surface area contributed by atoms with Gasteiger partial charge in [-0.3, -0.25) is 0 Å². The number of alkyl halides is 3. The first-order valence-corrected chi connectivity index (χ1v) is 4.45. The van der Waals surface area contributed by atoms with Crippen LogP contribution in [0, 0.1) is 0 Å². The third-order valence-corrected chi connectivity index (χ3v) is 1.27. The van der Waals surface area contributed by atoms with Crippen molar-refractivity contribution >= 4 is 0 Å². The lowest BCUT2D eigenvalue weighted by atomic mass is 10.2. The molecule has 15 heavy (non-hydrogen) atoms. The molecule has 0 rings (SSSR count). The number of allylic oxidation sites excluding steroid dienone is 1. The normalized spacial score (nSPS) is 10.4. The van der Waals surface area contributed by atoms with E-state index in [1.165, 1.54) is 0 Å². The van der Waals surface area contributed by atoms with Crippen LogP contribution in [0.1, 0.15) is 20.3 Å². The van der Waals surface area contributed by atoms with Gasteiger partial charge in [0.25, 0.3) is 0 Å². The second-order valence-corrected chi connectivity index (χ2v) is 2.24. The van der Waals surface area contributed by atoms with Crippen LogP contribution < -0.4 is 5.73 Å². The molecule has 0 atom stereocenters. The van der Waals surface area contributed by atoms with Crippen LogP contribution >= 0.6 is 0 Å². The van der Waals surface area contributed by atoms with Crippen LogP contribution in [0.4, 0.5) is 13.2 Å². The van der Waals surface area contributed by atoms with E-state index >= 15 is 0 Å². The van der Waals surface area contributed by atoms with E-state index in [1.54, 1.807) is 6.08 Å². The number of halogens is 3. The molecule has 0 aliphatic rings. The first kappa shape index (κ1) is 19.5. The Labute approximate surface area is 90.2 Å². The average molecular weight is 223 g/mol. The van der Waals surface area contributed by atoms with E-state index in [2.05, 4.69) is 19.7 Å². The summed E-state index contributed by atoms with van der Waals surface area (Å²) in [6.07, 6.45) is -0.972. The topological polar surface area (TPSA) is 26.0 Å². The molecule has 1 nitrogen and oxygen atoms in total. The third kappa shape index (κ3) is 24.6. The van der Waals surface area contributed by atoms with Crippen molar-refractivity contribution in [1.29, 1.82) is 0 Å². The second-order valence-electron chi connectivity index (χ2n) is 2.24. The Hall–Kier alpha value is -1.03. The third-order valence-electron chi connectivity index (χ3n) is 1.27. The lowest BCUT2D eigenvalue weighted by Crippen LogP contribution is -2.02. The van der Waals surface area contributed by atoms with Crippen LogP contribution in [0.2, 0.25) is 0 Å². The molecule has 0 aromatic heterocycles. The largest absolute Gasteiger partial charge is 0.388 e. The van der Waals surface area contributed by atoms with Crippen molar-refractivity contribution in [1.82, 2.24) is 0 Å². The maximum Gasteiger partial charge on any atom is 0.388 e. The van der Waals surface area contributed by atoms with Gasteiger partial charge in [0.05, 0.1) is 0 Å². The molecule has 0 saturated carbocycles. The van der Waals surface area contributed by atoms with E-state index in [0.29, 0.717) is 6.54 Å². The Kier molecular flexibility index (Phi) is 16.9.